The number of rotatable bonds is 7. The van der Waals surface area contributed by atoms with Crippen LogP contribution in [-0.2, 0) is 11.0 Å². The van der Waals surface area contributed by atoms with E-state index in [1.165, 1.54) is 41.2 Å². The van der Waals surface area contributed by atoms with Crippen molar-refractivity contribution in [2.24, 2.45) is 5.73 Å². The van der Waals surface area contributed by atoms with Gasteiger partial charge in [-0.2, -0.15) is 13.2 Å². The molecule has 0 radical (unpaired) electrons. The average Bonchev–Trinajstić information content (AvgIpc) is 3.42. The number of para-hydroxylation sites is 2. The fourth-order valence-corrected chi connectivity index (χ4v) is 4.72. The zero-order chi connectivity index (χ0) is 30.2. The third-order valence-electron chi connectivity index (χ3n) is 6.70. The molecule has 0 aliphatic carbocycles. The maximum Gasteiger partial charge on any atom is 0.433 e. The van der Waals surface area contributed by atoms with E-state index in [9.17, 15) is 27.2 Å². The molecule has 2 amide bonds. The summed E-state index contributed by atoms with van der Waals surface area (Å²) in [5.41, 5.74) is 5.42. The number of nitrogens with two attached hydrogens (primary N) is 1. The van der Waals surface area contributed by atoms with Gasteiger partial charge in [0.1, 0.15) is 29.3 Å². The number of anilines is 1. The van der Waals surface area contributed by atoms with Crippen LogP contribution in [0.1, 0.15) is 34.9 Å². The molecule has 2 aromatic carbocycles. The number of hydrogen-bond donors (Lipinski definition) is 1. The zero-order valence-corrected chi connectivity index (χ0v) is 22.4. The number of nitrogens with zero attached hydrogens (tertiary/aromatic N) is 4. The number of carbonyl (C=O) groups excluding carboxylic acids is 2. The van der Waals surface area contributed by atoms with Crippen molar-refractivity contribution in [3.05, 3.63) is 65.7 Å². The summed E-state index contributed by atoms with van der Waals surface area (Å²) >= 11 is 0. The van der Waals surface area contributed by atoms with Crippen LogP contribution < -0.4 is 20.1 Å². The minimum Gasteiger partial charge on any atom is -0.494 e. The Labute approximate surface area is 236 Å². The van der Waals surface area contributed by atoms with Gasteiger partial charge in [-0.1, -0.05) is 12.1 Å². The number of pyridine rings is 1. The monoisotopic (exact) mass is 587 g/mol. The Kier molecular flexibility index (Phi) is 7.73. The second-order valence-corrected chi connectivity index (χ2v) is 9.42. The summed E-state index contributed by atoms with van der Waals surface area (Å²) in [7, 11) is 1.31. The molecule has 1 fully saturated rings. The first-order chi connectivity index (χ1) is 20.0. The number of amides is 2. The third-order valence-corrected chi connectivity index (χ3v) is 6.70. The van der Waals surface area contributed by atoms with E-state index in [1.807, 2.05) is 0 Å². The van der Waals surface area contributed by atoms with Gasteiger partial charge in [-0.25, -0.2) is 14.4 Å². The summed E-state index contributed by atoms with van der Waals surface area (Å²) in [6, 6.07) is 10.7. The highest BCUT2D eigenvalue weighted by atomic mass is 19.4. The predicted molar refractivity (Wildman–Crippen MR) is 143 cm³/mol. The Bertz CT molecular complexity index is 1660. The summed E-state index contributed by atoms with van der Waals surface area (Å²) < 4.78 is 69.0. The number of aromatic nitrogens is 2. The van der Waals surface area contributed by atoms with E-state index in [1.54, 1.807) is 25.1 Å². The number of piperazine rings is 1. The highest BCUT2D eigenvalue weighted by Gasteiger charge is 2.35. The van der Waals surface area contributed by atoms with Gasteiger partial charge in [0.25, 0.3) is 5.91 Å². The molecule has 1 atom stereocenters. The van der Waals surface area contributed by atoms with Crippen molar-refractivity contribution in [3.63, 3.8) is 0 Å². The first kappa shape index (κ1) is 28.8. The first-order valence-electron chi connectivity index (χ1n) is 12.7. The van der Waals surface area contributed by atoms with E-state index in [0.29, 0.717) is 5.69 Å². The maximum absolute atomic E-state index is 13.6. The molecule has 1 saturated heterocycles. The fourth-order valence-electron chi connectivity index (χ4n) is 4.72. The molecular weight excluding hydrogens is 562 g/mol. The summed E-state index contributed by atoms with van der Waals surface area (Å²) in [5.74, 6) is -0.781. The van der Waals surface area contributed by atoms with E-state index in [0.717, 1.165) is 6.07 Å². The fraction of sp³-hybridized carbons (Fsp3) is 0.286. The lowest BCUT2D eigenvalue weighted by Crippen LogP contribution is -2.52. The van der Waals surface area contributed by atoms with Crippen molar-refractivity contribution in [1.82, 2.24) is 14.9 Å². The Hall–Kier alpha value is -4.72. The molecule has 0 spiro atoms. The highest BCUT2D eigenvalue weighted by Crippen LogP contribution is 2.38. The van der Waals surface area contributed by atoms with Crippen molar-refractivity contribution in [2.75, 3.05) is 38.5 Å². The van der Waals surface area contributed by atoms with E-state index in [-0.39, 0.29) is 64.9 Å². The summed E-state index contributed by atoms with van der Waals surface area (Å²) in [6.07, 6.45) is -4.68. The number of carbonyl (C=O) groups is 2. The van der Waals surface area contributed by atoms with Crippen molar-refractivity contribution >= 4 is 28.4 Å². The lowest BCUT2D eigenvalue weighted by atomic mass is 10.1. The summed E-state index contributed by atoms with van der Waals surface area (Å²) in [5, 5.41) is 0.247. The standard InChI is InChI=1S/C28H25F4N5O5/c1-15(33)25-24(27(39)36-11-12-37(22(38)13-36)18-5-3-4-6-19(18)41-14-29)35-26(42-25)17-7-9-20(40-2)23-16(17)8-10-21(34-23)28(30,31)32/h3-10,15H,11-14,33H2,1-2H3/t15-/m0/s1. The van der Waals surface area contributed by atoms with Crippen LogP contribution >= 0.6 is 0 Å². The van der Waals surface area contributed by atoms with Crippen LogP contribution in [0.2, 0.25) is 0 Å². The average molecular weight is 588 g/mol. The molecule has 2 aromatic heterocycles. The quantitative estimate of drug-likeness (QED) is 0.308. The van der Waals surface area contributed by atoms with Gasteiger partial charge in [-0.05, 0) is 43.3 Å². The molecule has 10 nitrogen and oxygen atoms in total. The zero-order valence-electron chi connectivity index (χ0n) is 22.4. The molecule has 1 aliphatic heterocycles. The van der Waals surface area contributed by atoms with Crippen molar-refractivity contribution in [3.8, 4) is 23.0 Å². The molecule has 2 N–H and O–H groups in total. The second kappa shape index (κ2) is 11.3. The van der Waals surface area contributed by atoms with Crippen LogP contribution in [0.4, 0.5) is 23.2 Å². The number of alkyl halides is 4. The Morgan fingerprint density at radius 3 is 2.52 bits per heavy atom. The van der Waals surface area contributed by atoms with Gasteiger partial charge >= 0.3 is 6.18 Å². The molecule has 0 bridgehead atoms. The third kappa shape index (κ3) is 5.32. The Morgan fingerprint density at radius 1 is 1.10 bits per heavy atom. The van der Waals surface area contributed by atoms with E-state index < -0.39 is 36.6 Å². The van der Waals surface area contributed by atoms with Gasteiger partial charge in [0.05, 0.1) is 18.8 Å². The number of hydrogen-bond acceptors (Lipinski definition) is 8. The van der Waals surface area contributed by atoms with Crippen LogP contribution in [0.25, 0.3) is 22.4 Å². The lowest BCUT2D eigenvalue weighted by molar-refractivity contribution is -0.141. The molecule has 3 heterocycles. The van der Waals surface area contributed by atoms with Crippen LogP contribution in [0.5, 0.6) is 11.5 Å². The number of ether oxygens (including phenoxy) is 2. The smallest absolute Gasteiger partial charge is 0.433 e. The summed E-state index contributed by atoms with van der Waals surface area (Å²) in [4.78, 5) is 37.5. The van der Waals surface area contributed by atoms with Gasteiger partial charge in [-0.15, -0.1) is 0 Å². The lowest BCUT2D eigenvalue weighted by Gasteiger charge is -2.34. The van der Waals surface area contributed by atoms with Crippen LogP contribution in [0.15, 0.2) is 52.9 Å². The van der Waals surface area contributed by atoms with Crippen molar-refractivity contribution in [1.29, 1.82) is 0 Å². The molecular formula is C28H25F4N5O5. The molecule has 5 rings (SSSR count). The van der Waals surface area contributed by atoms with Crippen LogP contribution in [-0.4, -0.2) is 60.3 Å². The van der Waals surface area contributed by atoms with Crippen molar-refractivity contribution < 1.29 is 41.0 Å². The van der Waals surface area contributed by atoms with E-state index >= 15 is 0 Å². The number of methoxy groups -OCH3 is 1. The number of oxazole rings is 1. The van der Waals surface area contributed by atoms with Crippen LogP contribution in [0.3, 0.4) is 0 Å². The SMILES string of the molecule is COc1ccc(-c2nc(C(=O)N3CCN(c4ccccc4OCF)C(=O)C3)c([C@H](C)N)o2)c2ccc(C(F)(F)F)nc12. The van der Waals surface area contributed by atoms with Gasteiger partial charge < -0.3 is 29.4 Å². The summed E-state index contributed by atoms with van der Waals surface area (Å²) in [6.45, 7) is 0.423. The topological polar surface area (TPSA) is 124 Å². The molecule has 0 saturated carbocycles. The maximum atomic E-state index is 13.6. The molecule has 220 valence electrons. The van der Waals surface area contributed by atoms with Gasteiger partial charge in [0.2, 0.25) is 18.7 Å². The van der Waals surface area contributed by atoms with Gasteiger partial charge in [0, 0.05) is 24.0 Å². The largest absolute Gasteiger partial charge is 0.494 e. The minimum absolute atomic E-state index is 0.0374. The highest BCUT2D eigenvalue weighted by molar-refractivity contribution is 6.03. The molecule has 1 aliphatic rings. The minimum atomic E-state index is -4.68. The molecule has 42 heavy (non-hydrogen) atoms. The molecule has 4 aromatic rings. The van der Waals surface area contributed by atoms with E-state index in [4.69, 9.17) is 19.6 Å². The normalized spacial score (nSPS) is 14.8. The van der Waals surface area contributed by atoms with Gasteiger partial charge in [-0.3, -0.25) is 9.59 Å². The number of halogens is 4. The van der Waals surface area contributed by atoms with Crippen molar-refractivity contribution in [2.45, 2.75) is 19.1 Å². The second-order valence-electron chi connectivity index (χ2n) is 9.42. The van der Waals surface area contributed by atoms with Gasteiger partial charge in [0.15, 0.2) is 11.5 Å². The molecule has 14 heteroatoms. The molecule has 0 unspecified atom stereocenters. The number of fused-ring (bicyclic) bond motifs is 1. The number of benzene rings is 2. The Balaban J connectivity index is 1.47. The first-order valence-corrected chi connectivity index (χ1v) is 12.7. The van der Waals surface area contributed by atoms with E-state index in [2.05, 4.69) is 9.97 Å². The Morgan fingerprint density at radius 2 is 1.86 bits per heavy atom. The predicted octanol–water partition coefficient (Wildman–Crippen LogP) is 4.73. The van der Waals surface area contributed by atoms with Crippen LogP contribution in [0, 0.1) is 0 Å².